The molecule has 0 aromatic carbocycles. The van der Waals surface area contributed by atoms with Crippen molar-refractivity contribution in [2.45, 2.75) is 101 Å². The van der Waals surface area contributed by atoms with E-state index in [1.165, 1.54) is 32.1 Å². The molecule has 0 bridgehead atoms. The van der Waals surface area contributed by atoms with Crippen LogP contribution in [-0.2, 0) is 0 Å². The average molecular weight is 259 g/mol. The van der Waals surface area contributed by atoms with Crippen LogP contribution >= 0.6 is 0 Å². The lowest BCUT2D eigenvalue weighted by atomic mass is 9.84. The Bertz CT molecular complexity index is 127. The van der Waals surface area contributed by atoms with Crippen LogP contribution in [0.5, 0.6) is 0 Å². The normalized spacial score (nSPS) is 12.2. The lowest BCUT2D eigenvalue weighted by molar-refractivity contribution is 0.302. The summed E-state index contributed by atoms with van der Waals surface area (Å²) in [7, 11) is 0. The van der Waals surface area contributed by atoms with Gasteiger partial charge in [0.15, 0.2) is 0 Å². The van der Waals surface area contributed by atoms with Gasteiger partial charge in [-0.1, -0.05) is 94.9 Å². The summed E-state index contributed by atoms with van der Waals surface area (Å²) < 4.78 is 0. The van der Waals surface area contributed by atoms with Crippen LogP contribution in [0.1, 0.15) is 101 Å². The van der Waals surface area contributed by atoms with Gasteiger partial charge in [0, 0.05) is 0 Å². The molecule has 114 valence electrons. The predicted molar refractivity (Wildman–Crippen MR) is 89.2 cm³/mol. The molecule has 0 aliphatic rings. The monoisotopic (exact) mass is 258 g/mol. The van der Waals surface area contributed by atoms with Crippen molar-refractivity contribution >= 4 is 0 Å². The second-order valence-electron chi connectivity index (χ2n) is 6.81. The minimum atomic E-state index is 0.523. The molecule has 0 radical (unpaired) electrons. The lowest BCUT2D eigenvalue weighted by Gasteiger charge is -2.21. The maximum Gasteiger partial charge on any atom is -0.0380 e. The molecule has 0 aliphatic carbocycles. The summed E-state index contributed by atoms with van der Waals surface area (Å²) >= 11 is 0. The minimum absolute atomic E-state index is 0.523. The van der Waals surface area contributed by atoms with Gasteiger partial charge < -0.3 is 0 Å². The topological polar surface area (TPSA) is 0 Å². The fraction of sp³-hybridized carbons (Fsp3) is 1.00. The lowest BCUT2D eigenvalue weighted by Crippen LogP contribution is -2.09. The molecular formula is C18H42. The summed E-state index contributed by atoms with van der Waals surface area (Å²) in [6.07, 6.45) is 6.81. The summed E-state index contributed by atoms with van der Waals surface area (Å²) in [5.41, 5.74) is 0.523. The van der Waals surface area contributed by atoms with Crippen molar-refractivity contribution in [3.8, 4) is 0 Å². The van der Waals surface area contributed by atoms with E-state index >= 15 is 0 Å². The Morgan fingerprint density at radius 3 is 1.44 bits per heavy atom. The third kappa shape index (κ3) is 29.8. The van der Waals surface area contributed by atoms with E-state index in [9.17, 15) is 0 Å². The Morgan fingerprint density at radius 1 is 0.889 bits per heavy atom. The van der Waals surface area contributed by atoms with Gasteiger partial charge in [0.2, 0.25) is 0 Å². The van der Waals surface area contributed by atoms with Gasteiger partial charge in [-0.2, -0.15) is 0 Å². The van der Waals surface area contributed by atoms with Crippen molar-refractivity contribution in [3.05, 3.63) is 0 Å². The Labute approximate surface area is 119 Å². The van der Waals surface area contributed by atoms with Crippen molar-refractivity contribution in [1.29, 1.82) is 0 Å². The summed E-state index contributed by atoms with van der Waals surface area (Å²) in [5, 5.41) is 0. The smallest absolute Gasteiger partial charge is 0.0380 e. The van der Waals surface area contributed by atoms with E-state index in [1.54, 1.807) is 0 Å². The molecular weight excluding hydrogens is 216 g/mol. The molecule has 0 aromatic heterocycles. The summed E-state index contributed by atoms with van der Waals surface area (Å²) in [6, 6.07) is 0. The van der Waals surface area contributed by atoms with E-state index in [-0.39, 0.29) is 0 Å². The number of hydrogen-bond acceptors (Lipinski definition) is 0. The highest BCUT2D eigenvalue weighted by Gasteiger charge is 2.13. The number of rotatable bonds is 5. The maximum atomic E-state index is 2.32. The molecule has 0 heteroatoms. The van der Waals surface area contributed by atoms with E-state index in [4.69, 9.17) is 0 Å². The van der Waals surface area contributed by atoms with Gasteiger partial charge in [0.25, 0.3) is 0 Å². The molecule has 0 rings (SSSR count). The Hall–Kier alpha value is 0. The van der Waals surface area contributed by atoms with Crippen LogP contribution in [-0.4, -0.2) is 0 Å². The van der Waals surface area contributed by atoms with Gasteiger partial charge in [0.05, 0.1) is 0 Å². The summed E-state index contributed by atoms with van der Waals surface area (Å²) in [4.78, 5) is 0. The van der Waals surface area contributed by atoms with Gasteiger partial charge in [-0.25, -0.2) is 0 Å². The second kappa shape index (κ2) is 15.1. The SMILES string of the molecule is CC.CCC(C)CC(C)(C)C.CCCCC(C)C. The molecule has 1 atom stereocenters. The highest BCUT2D eigenvalue weighted by atomic mass is 14.2. The molecule has 0 spiro atoms. The third-order valence-electron chi connectivity index (χ3n) is 2.79. The third-order valence-corrected chi connectivity index (χ3v) is 2.79. The molecule has 0 fully saturated rings. The molecule has 1 unspecified atom stereocenters. The maximum absolute atomic E-state index is 2.32. The summed E-state index contributed by atoms with van der Waals surface area (Å²) in [6.45, 7) is 22.3. The van der Waals surface area contributed by atoms with E-state index in [1.807, 2.05) is 13.8 Å². The van der Waals surface area contributed by atoms with E-state index in [0.717, 1.165) is 11.8 Å². The quantitative estimate of drug-likeness (QED) is 0.484. The average Bonchev–Trinajstić information content (AvgIpc) is 2.27. The second-order valence-corrected chi connectivity index (χ2v) is 6.81. The zero-order chi connectivity index (χ0) is 15.2. The molecule has 0 saturated heterocycles. The fourth-order valence-electron chi connectivity index (χ4n) is 1.80. The number of hydrogen-bond donors (Lipinski definition) is 0. The highest BCUT2D eigenvalue weighted by molar-refractivity contribution is 4.64. The molecule has 0 saturated carbocycles. The van der Waals surface area contributed by atoms with Gasteiger partial charge in [-0.05, 0) is 23.7 Å². The molecule has 0 aliphatic heterocycles. The van der Waals surface area contributed by atoms with Crippen LogP contribution in [0.3, 0.4) is 0 Å². The Kier molecular flexibility index (Phi) is 19.3. The van der Waals surface area contributed by atoms with Crippen molar-refractivity contribution in [2.24, 2.45) is 17.3 Å². The largest absolute Gasteiger partial charge is 0.0683 e. The molecule has 0 heterocycles. The predicted octanol–water partition coefficient (Wildman–Crippen LogP) is 7.33. The van der Waals surface area contributed by atoms with Gasteiger partial charge in [-0.15, -0.1) is 0 Å². The first-order valence-corrected chi connectivity index (χ1v) is 8.22. The van der Waals surface area contributed by atoms with Crippen LogP contribution in [0, 0.1) is 17.3 Å². The molecule has 0 aromatic rings. The summed E-state index contributed by atoms with van der Waals surface area (Å²) in [5.74, 6) is 1.80. The van der Waals surface area contributed by atoms with Gasteiger partial charge in [0.1, 0.15) is 0 Å². The van der Waals surface area contributed by atoms with Crippen molar-refractivity contribution in [3.63, 3.8) is 0 Å². The molecule has 18 heavy (non-hydrogen) atoms. The van der Waals surface area contributed by atoms with Crippen molar-refractivity contribution < 1.29 is 0 Å². The first-order valence-electron chi connectivity index (χ1n) is 8.22. The van der Waals surface area contributed by atoms with Crippen molar-refractivity contribution in [2.75, 3.05) is 0 Å². The van der Waals surface area contributed by atoms with E-state index in [0.29, 0.717) is 5.41 Å². The first-order chi connectivity index (χ1) is 8.22. The molecule has 0 amide bonds. The zero-order valence-electron chi connectivity index (χ0n) is 15.2. The van der Waals surface area contributed by atoms with E-state index in [2.05, 4.69) is 55.4 Å². The zero-order valence-corrected chi connectivity index (χ0v) is 15.2. The van der Waals surface area contributed by atoms with Crippen LogP contribution in [0.25, 0.3) is 0 Å². The van der Waals surface area contributed by atoms with E-state index < -0.39 is 0 Å². The standard InChI is InChI=1S/C9H20.C7H16.C2H6/c1-6-8(2)7-9(3,4)5;1-4-5-6-7(2)3;1-2/h8H,6-7H2,1-5H3;7H,4-6H2,1-3H3;1-2H3. The molecule has 0 nitrogen and oxygen atoms in total. The highest BCUT2D eigenvalue weighted by Crippen LogP contribution is 2.25. The van der Waals surface area contributed by atoms with Crippen LogP contribution in [0.4, 0.5) is 0 Å². The minimum Gasteiger partial charge on any atom is -0.0683 e. The van der Waals surface area contributed by atoms with Crippen LogP contribution in [0.15, 0.2) is 0 Å². The van der Waals surface area contributed by atoms with Crippen molar-refractivity contribution in [1.82, 2.24) is 0 Å². The fourth-order valence-corrected chi connectivity index (χ4v) is 1.80. The van der Waals surface area contributed by atoms with Crippen LogP contribution < -0.4 is 0 Å². The number of unbranched alkanes of at least 4 members (excludes halogenated alkanes) is 1. The molecule has 0 N–H and O–H groups in total. The Balaban J connectivity index is -0.000000225. The van der Waals surface area contributed by atoms with Crippen LogP contribution in [0.2, 0.25) is 0 Å². The van der Waals surface area contributed by atoms with Gasteiger partial charge in [-0.3, -0.25) is 0 Å². The van der Waals surface area contributed by atoms with Gasteiger partial charge >= 0.3 is 0 Å². The Morgan fingerprint density at radius 2 is 1.33 bits per heavy atom. The first kappa shape index (κ1) is 23.1.